The van der Waals surface area contributed by atoms with Gasteiger partial charge in [-0.1, -0.05) is 6.07 Å². The SMILES string of the molecule is NC(=O)[C@H]1CCO[C@@H]1C1CCN(C(=O)Cc2coc(-c3cccs3)n2)CC1. The van der Waals surface area contributed by atoms with E-state index in [0.717, 1.165) is 17.7 Å². The van der Waals surface area contributed by atoms with E-state index in [4.69, 9.17) is 14.9 Å². The fourth-order valence-electron chi connectivity index (χ4n) is 4.03. The lowest BCUT2D eigenvalue weighted by atomic mass is 9.84. The zero-order chi connectivity index (χ0) is 18.8. The van der Waals surface area contributed by atoms with Crippen molar-refractivity contribution >= 4 is 23.2 Å². The van der Waals surface area contributed by atoms with E-state index in [2.05, 4.69) is 4.98 Å². The van der Waals surface area contributed by atoms with Gasteiger partial charge in [-0.2, -0.15) is 0 Å². The Labute approximate surface area is 161 Å². The summed E-state index contributed by atoms with van der Waals surface area (Å²) in [5.41, 5.74) is 6.15. The Hall–Kier alpha value is -2.19. The minimum Gasteiger partial charge on any atom is -0.444 e. The van der Waals surface area contributed by atoms with E-state index >= 15 is 0 Å². The van der Waals surface area contributed by atoms with Gasteiger partial charge in [0, 0.05) is 19.7 Å². The molecule has 27 heavy (non-hydrogen) atoms. The Balaban J connectivity index is 1.31. The predicted octanol–water partition coefficient (Wildman–Crippen LogP) is 2.07. The molecule has 2 fully saturated rings. The van der Waals surface area contributed by atoms with E-state index in [-0.39, 0.29) is 36.2 Å². The number of likely N-dealkylation sites (tertiary alicyclic amines) is 1. The highest BCUT2D eigenvalue weighted by Gasteiger charge is 2.39. The number of hydrogen-bond donors (Lipinski definition) is 1. The van der Waals surface area contributed by atoms with Crippen molar-refractivity contribution in [3.63, 3.8) is 0 Å². The first kappa shape index (κ1) is 18.2. The van der Waals surface area contributed by atoms with E-state index in [1.54, 1.807) is 17.6 Å². The van der Waals surface area contributed by atoms with Crippen LogP contribution in [0.3, 0.4) is 0 Å². The van der Waals surface area contributed by atoms with Crippen LogP contribution in [-0.4, -0.2) is 47.5 Å². The van der Waals surface area contributed by atoms with Crippen LogP contribution < -0.4 is 5.73 Å². The van der Waals surface area contributed by atoms with E-state index in [1.165, 1.54) is 0 Å². The summed E-state index contributed by atoms with van der Waals surface area (Å²) in [7, 11) is 0. The van der Waals surface area contributed by atoms with Gasteiger partial charge in [0.05, 0.1) is 29.0 Å². The summed E-state index contributed by atoms with van der Waals surface area (Å²) in [6, 6.07) is 3.88. The maximum atomic E-state index is 12.6. The van der Waals surface area contributed by atoms with Gasteiger partial charge in [-0.3, -0.25) is 9.59 Å². The molecule has 0 saturated carbocycles. The molecule has 8 heteroatoms. The summed E-state index contributed by atoms with van der Waals surface area (Å²) in [5.74, 6) is 0.429. The van der Waals surface area contributed by atoms with Gasteiger partial charge in [0.1, 0.15) is 6.26 Å². The summed E-state index contributed by atoms with van der Waals surface area (Å²) >= 11 is 1.55. The number of amides is 2. The van der Waals surface area contributed by atoms with Gasteiger partial charge >= 0.3 is 0 Å². The Morgan fingerprint density at radius 1 is 1.30 bits per heavy atom. The van der Waals surface area contributed by atoms with E-state index in [1.807, 2.05) is 22.4 Å². The van der Waals surface area contributed by atoms with E-state index in [9.17, 15) is 9.59 Å². The first-order valence-corrected chi connectivity index (χ1v) is 10.2. The third kappa shape index (κ3) is 3.91. The molecule has 7 nitrogen and oxygen atoms in total. The Bertz CT molecular complexity index is 796. The molecule has 2 amide bonds. The third-order valence-electron chi connectivity index (χ3n) is 5.47. The average molecular weight is 389 g/mol. The number of carbonyl (C=O) groups is 2. The second-order valence-corrected chi connectivity index (χ2v) is 8.10. The molecule has 144 valence electrons. The van der Waals surface area contributed by atoms with Crippen molar-refractivity contribution in [3.8, 4) is 10.8 Å². The molecule has 0 radical (unpaired) electrons. The maximum Gasteiger partial charge on any atom is 0.236 e. The number of nitrogens with zero attached hydrogens (tertiary/aromatic N) is 2. The van der Waals surface area contributed by atoms with Crippen LogP contribution >= 0.6 is 11.3 Å². The molecule has 4 rings (SSSR count). The molecule has 0 unspecified atom stereocenters. The lowest BCUT2D eigenvalue weighted by Gasteiger charge is -2.35. The molecule has 2 N–H and O–H groups in total. The summed E-state index contributed by atoms with van der Waals surface area (Å²) < 4.78 is 11.3. The van der Waals surface area contributed by atoms with Crippen molar-refractivity contribution in [1.82, 2.24) is 9.88 Å². The van der Waals surface area contributed by atoms with Crippen LogP contribution in [0.4, 0.5) is 0 Å². The van der Waals surface area contributed by atoms with E-state index < -0.39 is 0 Å². The number of nitrogens with two attached hydrogens (primary N) is 1. The minimum absolute atomic E-state index is 0.0540. The Morgan fingerprint density at radius 2 is 2.11 bits per heavy atom. The maximum absolute atomic E-state index is 12.6. The molecular weight excluding hydrogens is 366 g/mol. The summed E-state index contributed by atoms with van der Waals surface area (Å²) in [6.07, 6.45) is 4.08. The zero-order valence-corrected chi connectivity index (χ0v) is 15.8. The third-order valence-corrected chi connectivity index (χ3v) is 6.33. The van der Waals surface area contributed by atoms with E-state index in [0.29, 0.717) is 37.7 Å². The van der Waals surface area contributed by atoms with Gasteiger partial charge in [0.15, 0.2) is 0 Å². The van der Waals surface area contributed by atoms with Gasteiger partial charge in [-0.25, -0.2) is 4.98 Å². The number of primary amides is 1. The summed E-state index contributed by atoms with van der Waals surface area (Å²) in [5, 5.41) is 1.96. The lowest BCUT2D eigenvalue weighted by molar-refractivity contribution is -0.133. The van der Waals surface area contributed by atoms with Crippen molar-refractivity contribution in [2.24, 2.45) is 17.6 Å². The summed E-state index contributed by atoms with van der Waals surface area (Å²) in [4.78, 5) is 31.4. The number of hydrogen-bond acceptors (Lipinski definition) is 6. The fourth-order valence-corrected chi connectivity index (χ4v) is 4.68. The van der Waals surface area contributed by atoms with Crippen molar-refractivity contribution in [1.29, 1.82) is 0 Å². The molecular formula is C19H23N3O4S. The Kier molecular flexibility index (Phi) is 5.27. The highest BCUT2D eigenvalue weighted by Crippen LogP contribution is 2.33. The normalized spacial score (nSPS) is 23.6. The number of oxazole rings is 1. The van der Waals surface area contributed by atoms with Crippen molar-refractivity contribution in [2.75, 3.05) is 19.7 Å². The molecule has 2 saturated heterocycles. The van der Waals surface area contributed by atoms with Crippen LogP contribution in [0.1, 0.15) is 25.0 Å². The van der Waals surface area contributed by atoms with Crippen LogP contribution in [-0.2, 0) is 20.7 Å². The molecule has 0 bridgehead atoms. The molecule has 0 spiro atoms. The number of rotatable bonds is 5. The van der Waals surface area contributed by atoms with Crippen LogP contribution in [0, 0.1) is 11.8 Å². The highest BCUT2D eigenvalue weighted by atomic mass is 32.1. The van der Waals surface area contributed by atoms with Crippen molar-refractivity contribution in [3.05, 3.63) is 29.5 Å². The van der Waals surface area contributed by atoms with Crippen molar-refractivity contribution < 1.29 is 18.7 Å². The average Bonchev–Trinajstić information content (AvgIpc) is 3.42. The fraction of sp³-hybridized carbons (Fsp3) is 0.526. The first-order valence-electron chi connectivity index (χ1n) is 9.29. The quantitative estimate of drug-likeness (QED) is 0.844. The standard InChI is InChI=1S/C19H23N3O4S/c20-18(24)14-5-8-25-17(14)12-3-6-22(7-4-12)16(23)10-13-11-26-19(21-13)15-2-1-9-27-15/h1-2,9,11-12,14,17H,3-8,10H2,(H2,20,24)/t14-,17+/m0/s1. The second kappa shape index (κ2) is 7.82. The van der Waals surface area contributed by atoms with Gasteiger partial charge < -0.3 is 19.8 Å². The number of piperidine rings is 1. The van der Waals surface area contributed by atoms with Crippen LogP contribution in [0.25, 0.3) is 10.8 Å². The van der Waals surface area contributed by atoms with Gasteiger partial charge in [-0.05, 0) is 36.6 Å². The smallest absolute Gasteiger partial charge is 0.236 e. The molecule has 4 heterocycles. The molecule has 2 aliphatic rings. The van der Waals surface area contributed by atoms with Gasteiger partial charge in [0.25, 0.3) is 0 Å². The van der Waals surface area contributed by atoms with Crippen LogP contribution in [0.5, 0.6) is 0 Å². The lowest BCUT2D eigenvalue weighted by Crippen LogP contribution is -2.44. The molecule has 0 aliphatic carbocycles. The number of aromatic nitrogens is 1. The van der Waals surface area contributed by atoms with Gasteiger partial charge in [0.2, 0.25) is 17.7 Å². The number of ether oxygens (including phenoxy) is 1. The molecule has 2 aromatic rings. The second-order valence-electron chi connectivity index (χ2n) is 7.15. The largest absolute Gasteiger partial charge is 0.444 e. The summed E-state index contributed by atoms with van der Waals surface area (Å²) in [6.45, 7) is 1.94. The van der Waals surface area contributed by atoms with Gasteiger partial charge in [-0.15, -0.1) is 11.3 Å². The molecule has 2 aromatic heterocycles. The Morgan fingerprint density at radius 3 is 2.81 bits per heavy atom. The number of thiophene rings is 1. The van der Waals surface area contributed by atoms with Crippen molar-refractivity contribution in [2.45, 2.75) is 31.8 Å². The van der Waals surface area contributed by atoms with Crippen LogP contribution in [0.15, 0.2) is 28.2 Å². The highest BCUT2D eigenvalue weighted by molar-refractivity contribution is 7.13. The predicted molar refractivity (Wildman–Crippen MR) is 99.9 cm³/mol. The minimum atomic E-state index is -0.274. The molecule has 0 aromatic carbocycles. The first-order chi connectivity index (χ1) is 13.1. The monoisotopic (exact) mass is 389 g/mol. The number of carbonyl (C=O) groups excluding carboxylic acids is 2. The topological polar surface area (TPSA) is 98.7 Å². The molecule has 2 aliphatic heterocycles. The molecule has 2 atom stereocenters. The zero-order valence-electron chi connectivity index (χ0n) is 15.0. The van der Waals surface area contributed by atoms with Crippen LogP contribution in [0.2, 0.25) is 0 Å².